The number of hydrogen-bond donors (Lipinski definition) is 1. The largest absolute Gasteiger partial charge is 0.473 e. The van der Waals surface area contributed by atoms with Gasteiger partial charge >= 0.3 is 0 Å². The van der Waals surface area contributed by atoms with E-state index in [1.807, 2.05) is 0 Å². The molecule has 1 aliphatic carbocycles. The van der Waals surface area contributed by atoms with Crippen LogP contribution in [0, 0.1) is 11.8 Å². The van der Waals surface area contributed by atoms with Gasteiger partial charge in [-0.05, 0) is 31.4 Å². The maximum absolute atomic E-state index is 5.87. The summed E-state index contributed by atoms with van der Waals surface area (Å²) in [6.07, 6.45) is 2.67. The van der Waals surface area contributed by atoms with Gasteiger partial charge < -0.3 is 10.1 Å². The van der Waals surface area contributed by atoms with Crippen LogP contribution in [0.15, 0.2) is 12.1 Å². The van der Waals surface area contributed by atoms with Crippen LogP contribution in [0.4, 0.5) is 0 Å². The molecule has 3 unspecified atom stereocenters. The van der Waals surface area contributed by atoms with Gasteiger partial charge in [0.15, 0.2) is 5.15 Å². The molecular weight excluding hydrogens is 226 g/mol. The summed E-state index contributed by atoms with van der Waals surface area (Å²) in [7, 11) is 0. The van der Waals surface area contributed by atoms with Crippen LogP contribution in [0.5, 0.6) is 5.88 Å². The van der Waals surface area contributed by atoms with Crippen molar-refractivity contribution in [2.24, 2.45) is 11.8 Å². The second kappa shape index (κ2) is 4.18. The predicted octanol–water partition coefficient (Wildman–Crippen LogP) is 1.51. The average Bonchev–Trinajstić information content (AvgIpc) is 2.86. The third-order valence-corrected chi connectivity index (χ3v) is 3.77. The molecule has 1 N–H and O–H groups in total. The Morgan fingerprint density at radius 3 is 3.00 bits per heavy atom. The zero-order valence-electron chi connectivity index (χ0n) is 8.90. The first-order valence-electron chi connectivity index (χ1n) is 5.69. The molecule has 86 valence electrons. The third-order valence-electron chi connectivity index (χ3n) is 3.57. The number of nitrogens with one attached hydrogen (secondary N) is 1. The molecule has 1 saturated heterocycles. The van der Waals surface area contributed by atoms with Crippen molar-refractivity contribution in [2.75, 3.05) is 13.1 Å². The topological polar surface area (TPSA) is 47.0 Å². The highest BCUT2D eigenvalue weighted by Gasteiger charge is 2.40. The molecule has 16 heavy (non-hydrogen) atoms. The average molecular weight is 240 g/mol. The van der Waals surface area contributed by atoms with E-state index in [0.717, 1.165) is 25.4 Å². The lowest BCUT2D eigenvalue weighted by molar-refractivity contribution is 0.150. The van der Waals surface area contributed by atoms with Crippen molar-refractivity contribution >= 4 is 11.6 Å². The van der Waals surface area contributed by atoms with Crippen molar-refractivity contribution in [3.63, 3.8) is 0 Å². The zero-order chi connectivity index (χ0) is 11.0. The fraction of sp³-hybridized carbons (Fsp3) is 0.636. The van der Waals surface area contributed by atoms with Crippen LogP contribution < -0.4 is 10.1 Å². The molecule has 1 aromatic heterocycles. The lowest BCUT2D eigenvalue weighted by Gasteiger charge is -2.18. The minimum absolute atomic E-state index is 0.287. The first kappa shape index (κ1) is 10.3. The lowest BCUT2D eigenvalue weighted by atomic mass is 9.99. The molecule has 2 fully saturated rings. The monoisotopic (exact) mass is 239 g/mol. The third kappa shape index (κ3) is 1.87. The van der Waals surface area contributed by atoms with E-state index < -0.39 is 0 Å². The van der Waals surface area contributed by atoms with E-state index in [4.69, 9.17) is 16.3 Å². The van der Waals surface area contributed by atoms with Crippen LogP contribution in [0.3, 0.4) is 0 Å². The van der Waals surface area contributed by atoms with Gasteiger partial charge in [0.1, 0.15) is 6.10 Å². The van der Waals surface area contributed by atoms with Gasteiger partial charge in [0.25, 0.3) is 0 Å². The number of ether oxygens (including phenoxy) is 1. The molecule has 2 heterocycles. The normalized spacial score (nSPS) is 32.7. The Kier molecular flexibility index (Phi) is 2.69. The Labute approximate surface area is 99.3 Å². The Bertz CT molecular complexity index is 370. The van der Waals surface area contributed by atoms with Crippen molar-refractivity contribution in [3.05, 3.63) is 17.3 Å². The van der Waals surface area contributed by atoms with Crippen molar-refractivity contribution in [3.8, 4) is 5.88 Å². The number of rotatable bonds is 2. The molecule has 0 aromatic carbocycles. The fourth-order valence-electron chi connectivity index (χ4n) is 2.77. The fourth-order valence-corrected chi connectivity index (χ4v) is 2.87. The van der Waals surface area contributed by atoms with Crippen molar-refractivity contribution in [1.82, 2.24) is 15.5 Å². The van der Waals surface area contributed by atoms with E-state index in [1.54, 1.807) is 12.1 Å². The molecule has 1 aliphatic heterocycles. The second-order valence-corrected chi connectivity index (χ2v) is 4.90. The maximum atomic E-state index is 5.87. The van der Waals surface area contributed by atoms with Crippen molar-refractivity contribution < 1.29 is 4.74 Å². The summed E-state index contributed by atoms with van der Waals surface area (Å²) in [5.41, 5.74) is 0. The molecule has 3 rings (SSSR count). The number of fused-ring (bicyclic) bond motifs is 1. The van der Waals surface area contributed by atoms with Crippen LogP contribution >= 0.6 is 11.6 Å². The van der Waals surface area contributed by atoms with E-state index in [-0.39, 0.29) is 6.10 Å². The molecule has 0 bridgehead atoms. The summed E-state index contributed by atoms with van der Waals surface area (Å²) < 4.78 is 5.87. The molecule has 0 amide bonds. The van der Waals surface area contributed by atoms with Gasteiger partial charge in [-0.1, -0.05) is 11.6 Å². The summed E-state index contributed by atoms with van der Waals surface area (Å²) >= 11 is 5.68. The van der Waals surface area contributed by atoms with Gasteiger partial charge in [-0.25, -0.2) is 0 Å². The molecule has 0 spiro atoms. The second-order valence-electron chi connectivity index (χ2n) is 4.51. The molecule has 5 heteroatoms. The zero-order valence-corrected chi connectivity index (χ0v) is 9.65. The summed E-state index contributed by atoms with van der Waals surface area (Å²) in [5, 5.41) is 11.5. The minimum atomic E-state index is 0.287. The first-order chi connectivity index (χ1) is 7.83. The molecule has 1 saturated carbocycles. The summed E-state index contributed by atoms with van der Waals surface area (Å²) in [4.78, 5) is 0. The highest BCUT2D eigenvalue weighted by atomic mass is 35.5. The van der Waals surface area contributed by atoms with E-state index in [1.165, 1.54) is 6.42 Å². The standard InChI is InChI=1S/C11H14ClN3O/c12-10-3-4-11(15-14-10)16-9-2-1-7-5-13-6-8(7)9/h3-4,7-9,13H,1-2,5-6H2. The van der Waals surface area contributed by atoms with E-state index in [2.05, 4.69) is 15.5 Å². The Balaban J connectivity index is 1.68. The number of nitrogens with zero attached hydrogens (tertiary/aromatic N) is 2. The van der Waals surface area contributed by atoms with Crippen LogP contribution in [-0.4, -0.2) is 29.4 Å². The van der Waals surface area contributed by atoms with Crippen LogP contribution in [0.25, 0.3) is 0 Å². The van der Waals surface area contributed by atoms with Crippen molar-refractivity contribution in [2.45, 2.75) is 18.9 Å². The molecule has 4 nitrogen and oxygen atoms in total. The summed E-state index contributed by atoms with van der Waals surface area (Å²) in [6, 6.07) is 3.49. The smallest absolute Gasteiger partial charge is 0.233 e. The molecule has 1 aromatic rings. The Morgan fingerprint density at radius 2 is 2.19 bits per heavy atom. The lowest BCUT2D eigenvalue weighted by Crippen LogP contribution is -2.26. The van der Waals surface area contributed by atoms with Gasteiger partial charge in [0.05, 0.1) is 0 Å². The predicted molar refractivity (Wildman–Crippen MR) is 60.5 cm³/mol. The highest BCUT2D eigenvalue weighted by Crippen LogP contribution is 2.36. The van der Waals surface area contributed by atoms with E-state index >= 15 is 0 Å². The van der Waals surface area contributed by atoms with Gasteiger partial charge in [0.2, 0.25) is 5.88 Å². The van der Waals surface area contributed by atoms with Crippen molar-refractivity contribution in [1.29, 1.82) is 0 Å². The van der Waals surface area contributed by atoms with Crippen LogP contribution in [0.2, 0.25) is 5.15 Å². The SMILES string of the molecule is Clc1ccc(OC2CCC3CNCC32)nn1. The highest BCUT2D eigenvalue weighted by molar-refractivity contribution is 6.29. The molecule has 0 radical (unpaired) electrons. The first-order valence-corrected chi connectivity index (χ1v) is 6.07. The molecule has 3 atom stereocenters. The van der Waals surface area contributed by atoms with Crippen LogP contribution in [0.1, 0.15) is 12.8 Å². The number of hydrogen-bond acceptors (Lipinski definition) is 4. The molecular formula is C11H14ClN3O. The van der Waals surface area contributed by atoms with Gasteiger partial charge in [-0.15, -0.1) is 10.2 Å². The summed E-state index contributed by atoms with van der Waals surface area (Å²) in [5.74, 6) is 2.00. The maximum Gasteiger partial charge on any atom is 0.233 e. The van der Waals surface area contributed by atoms with E-state index in [0.29, 0.717) is 17.0 Å². The Morgan fingerprint density at radius 1 is 1.25 bits per heavy atom. The number of halogens is 1. The number of aromatic nitrogens is 2. The summed E-state index contributed by atoms with van der Waals surface area (Å²) in [6.45, 7) is 2.20. The molecule has 2 aliphatic rings. The van der Waals surface area contributed by atoms with Gasteiger partial charge in [0, 0.05) is 18.5 Å². The van der Waals surface area contributed by atoms with Crippen LogP contribution in [-0.2, 0) is 0 Å². The minimum Gasteiger partial charge on any atom is -0.473 e. The van der Waals surface area contributed by atoms with Gasteiger partial charge in [-0.2, -0.15) is 0 Å². The van der Waals surface area contributed by atoms with Gasteiger partial charge in [-0.3, -0.25) is 0 Å². The Hall–Kier alpha value is -0.870. The quantitative estimate of drug-likeness (QED) is 0.850. The van der Waals surface area contributed by atoms with E-state index in [9.17, 15) is 0 Å².